The average Bonchev–Trinajstić information content (AvgIpc) is 3.01. The highest BCUT2D eigenvalue weighted by Gasteiger charge is 2.17. The summed E-state index contributed by atoms with van der Waals surface area (Å²) >= 11 is 1.41. The van der Waals surface area contributed by atoms with E-state index in [1.165, 1.54) is 42.6 Å². The van der Waals surface area contributed by atoms with Gasteiger partial charge in [-0.05, 0) is 42.8 Å². The second kappa shape index (κ2) is 6.35. The third-order valence-electron chi connectivity index (χ3n) is 2.83. The van der Waals surface area contributed by atoms with Gasteiger partial charge in [-0.2, -0.15) is 0 Å². The Morgan fingerprint density at radius 3 is 2.43 bits per heavy atom. The van der Waals surface area contributed by atoms with E-state index in [0.29, 0.717) is 5.69 Å². The number of carbonyl (C=O) groups is 1. The first-order valence-electron chi connectivity index (χ1n) is 6.07. The van der Waals surface area contributed by atoms with Crippen molar-refractivity contribution in [2.24, 2.45) is 5.73 Å². The quantitative estimate of drug-likeness (QED) is 0.771. The van der Waals surface area contributed by atoms with Crippen molar-refractivity contribution in [2.75, 3.05) is 12.4 Å². The van der Waals surface area contributed by atoms with Crippen molar-refractivity contribution in [2.45, 2.75) is 10.9 Å². The van der Waals surface area contributed by atoms with E-state index in [1.807, 2.05) is 11.4 Å². The number of carbonyl (C=O) groups excluding carboxylic acids is 1. The average molecular weight is 325 g/mol. The lowest BCUT2D eigenvalue weighted by Crippen LogP contribution is -2.27. The zero-order valence-corrected chi connectivity index (χ0v) is 12.9. The third kappa shape index (κ3) is 3.67. The molecule has 0 fully saturated rings. The van der Waals surface area contributed by atoms with Gasteiger partial charge in [-0.15, -0.1) is 11.3 Å². The van der Waals surface area contributed by atoms with E-state index in [2.05, 4.69) is 10.0 Å². The first-order valence-corrected chi connectivity index (χ1v) is 8.44. The molecule has 0 bridgehead atoms. The van der Waals surface area contributed by atoms with Crippen LogP contribution in [0.15, 0.2) is 46.7 Å². The van der Waals surface area contributed by atoms with Crippen molar-refractivity contribution < 1.29 is 13.2 Å². The summed E-state index contributed by atoms with van der Waals surface area (Å²) in [5.41, 5.74) is 6.33. The minimum Gasteiger partial charge on any atom is -0.324 e. The zero-order chi connectivity index (χ0) is 15.5. The number of anilines is 1. The van der Waals surface area contributed by atoms with Crippen LogP contribution in [0.5, 0.6) is 0 Å². The maximum absolute atomic E-state index is 12.0. The minimum absolute atomic E-state index is 0.130. The Kier molecular flexibility index (Phi) is 4.73. The van der Waals surface area contributed by atoms with Gasteiger partial charge in [-0.25, -0.2) is 13.1 Å². The number of benzene rings is 1. The molecule has 112 valence electrons. The van der Waals surface area contributed by atoms with Gasteiger partial charge in [0.2, 0.25) is 15.9 Å². The Morgan fingerprint density at radius 2 is 1.90 bits per heavy atom. The molecule has 2 aromatic rings. The van der Waals surface area contributed by atoms with E-state index >= 15 is 0 Å². The maximum Gasteiger partial charge on any atom is 0.246 e. The third-order valence-corrected chi connectivity index (χ3v) is 5.22. The van der Waals surface area contributed by atoms with Crippen molar-refractivity contribution in [1.29, 1.82) is 0 Å². The summed E-state index contributed by atoms with van der Waals surface area (Å²) < 4.78 is 25.4. The monoisotopic (exact) mass is 325 g/mol. The smallest absolute Gasteiger partial charge is 0.246 e. The molecule has 1 heterocycles. The van der Waals surface area contributed by atoms with Crippen molar-refractivity contribution in [3.63, 3.8) is 0 Å². The molecule has 1 aromatic carbocycles. The first-order chi connectivity index (χ1) is 9.94. The second-order valence-electron chi connectivity index (χ2n) is 4.21. The fourth-order valence-corrected chi connectivity index (χ4v) is 3.11. The molecule has 0 saturated heterocycles. The van der Waals surface area contributed by atoms with E-state index in [9.17, 15) is 13.2 Å². The highest BCUT2D eigenvalue weighted by atomic mass is 32.2. The summed E-state index contributed by atoms with van der Waals surface area (Å²) in [6, 6.07) is 8.73. The van der Waals surface area contributed by atoms with Crippen LogP contribution in [0, 0.1) is 0 Å². The largest absolute Gasteiger partial charge is 0.324 e. The van der Waals surface area contributed by atoms with Crippen LogP contribution in [0.1, 0.15) is 10.9 Å². The van der Waals surface area contributed by atoms with Gasteiger partial charge >= 0.3 is 0 Å². The Bertz CT molecular complexity index is 710. The molecule has 1 unspecified atom stereocenters. The standard InChI is InChI=1S/C13H15N3O3S2/c1-15-21(18,19)10-6-4-9(5-7-10)16-13(17)12(14)11-3-2-8-20-11/h2-8,12,15H,14H2,1H3,(H,16,17). The number of hydrogen-bond donors (Lipinski definition) is 3. The Balaban J connectivity index is 2.09. The van der Waals surface area contributed by atoms with E-state index in [4.69, 9.17) is 5.73 Å². The van der Waals surface area contributed by atoms with Crippen LogP contribution < -0.4 is 15.8 Å². The summed E-state index contributed by atoms with van der Waals surface area (Å²) in [5, 5.41) is 4.50. The highest BCUT2D eigenvalue weighted by Crippen LogP contribution is 2.19. The number of rotatable bonds is 5. The van der Waals surface area contributed by atoms with Gasteiger partial charge in [0, 0.05) is 10.6 Å². The molecule has 0 spiro atoms. The summed E-state index contributed by atoms with van der Waals surface area (Å²) in [6.45, 7) is 0. The number of nitrogens with two attached hydrogens (primary N) is 1. The van der Waals surface area contributed by atoms with Gasteiger partial charge < -0.3 is 11.1 Å². The van der Waals surface area contributed by atoms with Gasteiger partial charge in [0.05, 0.1) is 4.90 Å². The molecular weight excluding hydrogens is 310 g/mol. The lowest BCUT2D eigenvalue weighted by molar-refractivity contribution is -0.117. The molecule has 4 N–H and O–H groups in total. The van der Waals surface area contributed by atoms with Crippen LogP contribution >= 0.6 is 11.3 Å². The van der Waals surface area contributed by atoms with Crippen LogP contribution in [0.3, 0.4) is 0 Å². The number of amides is 1. The molecular formula is C13H15N3O3S2. The molecule has 0 aliphatic rings. The van der Waals surface area contributed by atoms with Gasteiger partial charge in [0.1, 0.15) is 6.04 Å². The number of thiophene rings is 1. The molecule has 0 aliphatic carbocycles. The van der Waals surface area contributed by atoms with Crippen LogP contribution in [-0.2, 0) is 14.8 Å². The van der Waals surface area contributed by atoms with Gasteiger partial charge in [0.25, 0.3) is 0 Å². The molecule has 0 aliphatic heterocycles. The fraction of sp³-hybridized carbons (Fsp3) is 0.154. The molecule has 6 nitrogen and oxygen atoms in total. The highest BCUT2D eigenvalue weighted by molar-refractivity contribution is 7.89. The SMILES string of the molecule is CNS(=O)(=O)c1ccc(NC(=O)C(N)c2cccs2)cc1. The Morgan fingerprint density at radius 1 is 1.24 bits per heavy atom. The molecule has 21 heavy (non-hydrogen) atoms. The van der Waals surface area contributed by atoms with E-state index in [0.717, 1.165) is 4.88 Å². The van der Waals surface area contributed by atoms with Crippen LogP contribution in [0.4, 0.5) is 5.69 Å². The lowest BCUT2D eigenvalue weighted by atomic mass is 10.2. The number of sulfonamides is 1. The van der Waals surface area contributed by atoms with Crippen molar-refractivity contribution in [3.8, 4) is 0 Å². The minimum atomic E-state index is -3.48. The van der Waals surface area contributed by atoms with Crippen molar-refractivity contribution in [3.05, 3.63) is 46.7 Å². The summed E-state index contributed by atoms with van der Waals surface area (Å²) in [6.07, 6.45) is 0. The normalized spacial score (nSPS) is 12.9. The Hall–Kier alpha value is -1.74. The second-order valence-corrected chi connectivity index (χ2v) is 7.08. The maximum atomic E-state index is 12.0. The topological polar surface area (TPSA) is 101 Å². The fourth-order valence-electron chi connectivity index (χ4n) is 1.65. The molecule has 1 aromatic heterocycles. The Labute approximate surface area is 127 Å². The summed E-state index contributed by atoms with van der Waals surface area (Å²) in [7, 11) is -2.14. The van der Waals surface area contributed by atoms with Crippen LogP contribution in [0.25, 0.3) is 0 Å². The molecule has 8 heteroatoms. The first kappa shape index (κ1) is 15.6. The lowest BCUT2D eigenvalue weighted by Gasteiger charge is -2.11. The predicted octanol–water partition coefficient (Wildman–Crippen LogP) is 1.29. The van der Waals surface area contributed by atoms with Crippen molar-refractivity contribution >= 4 is 33.0 Å². The van der Waals surface area contributed by atoms with Crippen LogP contribution in [-0.4, -0.2) is 21.4 Å². The van der Waals surface area contributed by atoms with Gasteiger partial charge in [0.15, 0.2) is 0 Å². The number of nitrogens with one attached hydrogen (secondary N) is 2. The predicted molar refractivity (Wildman–Crippen MR) is 82.6 cm³/mol. The van der Waals surface area contributed by atoms with E-state index in [1.54, 1.807) is 6.07 Å². The van der Waals surface area contributed by atoms with Crippen LogP contribution in [0.2, 0.25) is 0 Å². The number of hydrogen-bond acceptors (Lipinski definition) is 5. The summed E-state index contributed by atoms with van der Waals surface area (Å²) in [5.74, 6) is -0.346. The van der Waals surface area contributed by atoms with Gasteiger partial charge in [-0.3, -0.25) is 4.79 Å². The molecule has 1 amide bonds. The molecule has 1 atom stereocenters. The van der Waals surface area contributed by atoms with Crippen molar-refractivity contribution in [1.82, 2.24) is 4.72 Å². The molecule has 2 rings (SSSR count). The van der Waals surface area contributed by atoms with Gasteiger partial charge in [-0.1, -0.05) is 6.07 Å². The summed E-state index contributed by atoms with van der Waals surface area (Å²) in [4.78, 5) is 12.9. The van der Waals surface area contributed by atoms with E-state index in [-0.39, 0.29) is 10.8 Å². The van der Waals surface area contributed by atoms with E-state index < -0.39 is 16.1 Å². The zero-order valence-electron chi connectivity index (χ0n) is 11.2. The molecule has 0 saturated carbocycles. The molecule has 0 radical (unpaired) electrons.